The lowest BCUT2D eigenvalue weighted by Crippen LogP contribution is -2.30. The first-order valence-corrected chi connectivity index (χ1v) is 7.57. The molecular weight excluding hydrogens is 318 g/mol. The van der Waals surface area contributed by atoms with Gasteiger partial charge in [-0.3, -0.25) is 0 Å². The molecule has 1 aliphatic heterocycles. The summed E-state index contributed by atoms with van der Waals surface area (Å²) in [5.74, 6) is 0.0784. The van der Waals surface area contributed by atoms with Crippen LogP contribution < -0.4 is 5.32 Å². The third-order valence-corrected chi connectivity index (χ3v) is 3.71. The molecule has 120 valence electrons. The molecule has 0 amide bonds. The number of aromatic nitrogens is 4. The van der Waals surface area contributed by atoms with Gasteiger partial charge in [0.25, 0.3) is 0 Å². The number of nitrogens with zero attached hydrogens (tertiary/aromatic N) is 4. The monoisotopic (exact) mass is 333 g/mol. The van der Waals surface area contributed by atoms with Gasteiger partial charge in [0.1, 0.15) is 6.04 Å². The fourth-order valence-corrected chi connectivity index (χ4v) is 2.63. The largest absolute Gasteiger partial charge is 0.459 e. The maximum absolute atomic E-state index is 12.6. The van der Waals surface area contributed by atoms with E-state index in [2.05, 4.69) is 20.8 Å². The van der Waals surface area contributed by atoms with Crippen LogP contribution in [0.5, 0.6) is 0 Å². The second-order valence-electron chi connectivity index (χ2n) is 5.52. The third kappa shape index (κ3) is 2.92. The Kier molecular flexibility index (Phi) is 4.04. The van der Waals surface area contributed by atoms with E-state index in [0.717, 1.165) is 5.56 Å². The zero-order chi connectivity index (χ0) is 16.6. The van der Waals surface area contributed by atoms with Crippen LogP contribution in [0, 0.1) is 0 Å². The van der Waals surface area contributed by atoms with E-state index in [4.69, 9.17) is 16.3 Å². The van der Waals surface area contributed by atoms with Gasteiger partial charge < -0.3 is 10.1 Å². The number of hydrogen-bond acceptors (Lipinski definition) is 6. The van der Waals surface area contributed by atoms with Crippen LogP contribution in [0.25, 0.3) is 0 Å². The van der Waals surface area contributed by atoms with Crippen molar-refractivity contribution in [2.45, 2.75) is 32.9 Å². The highest BCUT2D eigenvalue weighted by molar-refractivity contribution is 6.30. The molecule has 1 aromatic carbocycles. The molecule has 0 spiro atoms. The lowest BCUT2D eigenvalue weighted by Gasteiger charge is -2.27. The molecule has 2 heterocycles. The zero-order valence-corrected chi connectivity index (χ0v) is 13.7. The number of carbonyl (C=O) groups excluding carboxylic acids is 1. The first-order chi connectivity index (χ1) is 11.0. The standard InChI is InChI=1S/C15H16ClN5O2/c1-8(2)23-14(22)12-9(3)17-15-18-19-20-21(15)13(12)10-4-6-11(16)7-5-10/h4-8,13H,1-3H3,(H,17,18,20). The summed E-state index contributed by atoms with van der Waals surface area (Å²) < 4.78 is 6.95. The van der Waals surface area contributed by atoms with E-state index in [1.165, 1.54) is 0 Å². The van der Waals surface area contributed by atoms with E-state index >= 15 is 0 Å². The molecule has 1 unspecified atom stereocenters. The number of rotatable bonds is 3. The summed E-state index contributed by atoms with van der Waals surface area (Å²) in [7, 11) is 0. The van der Waals surface area contributed by atoms with Crippen LogP contribution in [-0.4, -0.2) is 32.3 Å². The Morgan fingerprint density at radius 1 is 1.35 bits per heavy atom. The first kappa shape index (κ1) is 15.5. The number of tetrazole rings is 1. The maximum Gasteiger partial charge on any atom is 0.338 e. The van der Waals surface area contributed by atoms with Crippen molar-refractivity contribution < 1.29 is 9.53 Å². The van der Waals surface area contributed by atoms with Gasteiger partial charge in [-0.25, -0.2) is 4.79 Å². The molecule has 0 bridgehead atoms. The summed E-state index contributed by atoms with van der Waals surface area (Å²) in [5, 5.41) is 15.3. The van der Waals surface area contributed by atoms with Gasteiger partial charge >= 0.3 is 5.97 Å². The van der Waals surface area contributed by atoms with Crippen molar-refractivity contribution in [2.75, 3.05) is 5.32 Å². The predicted octanol–water partition coefficient (Wildman–Crippen LogP) is 2.57. The van der Waals surface area contributed by atoms with Crippen LogP contribution in [-0.2, 0) is 9.53 Å². The van der Waals surface area contributed by atoms with E-state index in [1.54, 1.807) is 23.7 Å². The Bertz CT molecular complexity index is 766. The molecule has 0 saturated heterocycles. The fraction of sp³-hybridized carbons (Fsp3) is 0.333. The summed E-state index contributed by atoms with van der Waals surface area (Å²) in [4.78, 5) is 12.6. The number of hydrogen-bond donors (Lipinski definition) is 1. The Morgan fingerprint density at radius 2 is 2.04 bits per heavy atom. The number of ether oxygens (including phenoxy) is 1. The highest BCUT2D eigenvalue weighted by Crippen LogP contribution is 2.35. The topological polar surface area (TPSA) is 81.9 Å². The van der Waals surface area contributed by atoms with Crippen LogP contribution in [0.3, 0.4) is 0 Å². The number of esters is 1. The van der Waals surface area contributed by atoms with Gasteiger partial charge in [0.2, 0.25) is 5.95 Å². The average molecular weight is 334 g/mol. The van der Waals surface area contributed by atoms with Crippen molar-refractivity contribution in [3.8, 4) is 0 Å². The SMILES string of the molecule is CC1=C(C(=O)OC(C)C)C(c2ccc(Cl)cc2)n2nnnc2N1. The van der Waals surface area contributed by atoms with Crippen molar-refractivity contribution in [3.63, 3.8) is 0 Å². The molecule has 8 heteroatoms. The second-order valence-corrected chi connectivity index (χ2v) is 5.96. The third-order valence-electron chi connectivity index (χ3n) is 3.46. The van der Waals surface area contributed by atoms with Crippen molar-refractivity contribution >= 4 is 23.5 Å². The lowest BCUT2D eigenvalue weighted by atomic mass is 9.96. The smallest absolute Gasteiger partial charge is 0.338 e. The Balaban J connectivity index is 2.10. The highest BCUT2D eigenvalue weighted by Gasteiger charge is 2.35. The minimum atomic E-state index is -0.468. The molecule has 3 rings (SSSR count). The van der Waals surface area contributed by atoms with E-state index < -0.39 is 12.0 Å². The van der Waals surface area contributed by atoms with E-state index in [9.17, 15) is 4.79 Å². The van der Waals surface area contributed by atoms with Crippen molar-refractivity contribution in [1.29, 1.82) is 0 Å². The fourth-order valence-electron chi connectivity index (χ4n) is 2.51. The zero-order valence-electron chi connectivity index (χ0n) is 12.9. The summed E-state index contributed by atoms with van der Waals surface area (Å²) in [6.45, 7) is 5.42. The lowest BCUT2D eigenvalue weighted by molar-refractivity contribution is -0.143. The van der Waals surface area contributed by atoms with Gasteiger partial charge in [-0.15, -0.1) is 0 Å². The number of nitrogens with one attached hydrogen (secondary N) is 1. The van der Waals surface area contributed by atoms with Crippen molar-refractivity contribution in [2.24, 2.45) is 0 Å². The van der Waals surface area contributed by atoms with Gasteiger partial charge in [0.05, 0.1) is 11.7 Å². The molecule has 1 aliphatic rings. The Morgan fingerprint density at radius 3 is 2.70 bits per heavy atom. The minimum absolute atomic E-state index is 0.219. The summed E-state index contributed by atoms with van der Waals surface area (Å²) >= 11 is 5.96. The quantitative estimate of drug-likeness (QED) is 0.869. The molecule has 0 saturated carbocycles. The normalized spacial score (nSPS) is 17.0. The van der Waals surface area contributed by atoms with Crippen LogP contribution in [0.1, 0.15) is 32.4 Å². The second kappa shape index (κ2) is 6.00. The molecule has 7 nitrogen and oxygen atoms in total. The number of halogens is 1. The summed E-state index contributed by atoms with van der Waals surface area (Å²) in [6, 6.07) is 6.76. The molecule has 1 N–H and O–H groups in total. The van der Waals surface area contributed by atoms with E-state index in [-0.39, 0.29) is 6.10 Å². The Labute approximate surface area is 138 Å². The predicted molar refractivity (Wildman–Crippen MR) is 85.0 cm³/mol. The minimum Gasteiger partial charge on any atom is -0.459 e. The molecule has 2 aromatic rings. The van der Waals surface area contributed by atoms with Crippen LogP contribution in [0.4, 0.5) is 5.95 Å². The molecule has 1 atom stereocenters. The summed E-state index contributed by atoms with van der Waals surface area (Å²) in [5.41, 5.74) is 1.98. The highest BCUT2D eigenvalue weighted by atomic mass is 35.5. The van der Waals surface area contributed by atoms with Crippen LogP contribution >= 0.6 is 11.6 Å². The van der Waals surface area contributed by atoms with Crippen molar-refractivity contribution in [1.82, 2.24) is 20.2 Å². The number of benzene rings is 1. The summed E-state index contributed by atoms with van der Waals surface area (Å²) in [6.07, 6.45) is -0.219. The van der Waals surface area contributed by atoms with Crippen molar-refractivity contribution in [3.05, 3.63) is 46.1 Å². The molecule has 23 heavy (non-hydrogen) atoms. The first-order valence-electron chi connectivity index (χ1n) is 7.19. The molecular formula is C15H16ClN5O2. The molecule has 1 aromatic heterocycles. The Hall–Kier alpha value is -2.41. The van der Waals surface area contributed by atoms with Gasteiger partial charge in [0.15, 0.2) is 0 Å². The molecule has 0 radical (unpaired) electrons. The average Bonchev–Trinajstić information content (AvgIpc) is 2.93. The number of carbonyl (C=O) groups is 1. The maximum atomic E-state index is 12.6. The molecule has 0 fully saturated rings. The van der Waals surface area contributed by atoms with E-state index in [1.807, 2.05) is 26.0 Å². The number of fused-ring (bicyclic) bond motifs is 1. The van der Waals surface area contributed by atoms with Gasteiger partial charge in [-0.2, -0.15) is 4.68 Å². The van der Waals surface area contributed by atoms with Gasteiger partial charge in [0, 0.05) is 10.7 Å². The number of anilines is 1. The van der Waals surface area contributed by atoms with Crippen LogP contribution in [0.15, 0.2) is 35.5 Å². The van der Waals surface area contributed by atoms with Crippen LogP contribution in [0.2, 0.25) is 5.02 Å². The molecule has 0 aliphatic carbocycles. The van der Waals surface area contributed by atoms with Gasteiger partial charge in [-0.05, 0) is 48.9 Å². The van der Waals surface area contributed by atoms with E-state index in [0.29, 0.717) is 22.2 Å². The number of allylic oxidation sites excluding steroid dienone is 1. The van der Waals surface area contributed by atoms with Gasteiger partial charge in [-0.1, -0.05) is 28.8 Å².